The third-order valence-electron chi connectivity index (χ3n) is 1.49. The van der Waals surface area contributed by atoms with Gasteiger partial charge in [0.15, 0.2) is 0 Å². The summed E-state index contributed by atoms with van der Waals surface area (Å²) in [4.78, 5) is 0. The fourth-order valence-electron chi connectivity index (χ4n) is 0.713. The van der Waals surface area contributed by atoms with Crippen molar-refractivity contribution in [2.24, 2.45) is 11.3 Å². The predicted octanol–water partition coefficient (Wildman–Crippen LogP) is 3.00. The maximum absolute atomic E-state index is 2.36. The molecule has 0 saturated heterocycles. The molecular weight excluding hydrogens is 108 g/mol. The van der Waals surface area contributed by atoms with Crippen molar-refractivity contribution < 1.29 is 0 Å². The van der Waals surface area contributed by atoms with Crippen LogP contribution in [0.4, 0.5) is 0 Å². The minimum Gasteiger partial charge on any atom is -0.0849 e. The Kier molecular flexibility index (Phi) is 1.65. The Bertz CT molecular complexity index is 110. The summed E-state index contributed by atoms with van der Waals surface area (Å²) in [6, 6.07) is 0. The normalized spacial score (nSPS) is 21.2. The lowest BCUT2D eigenvalue weighted by Gasteiger charge is -2.10. The van der Waals surface area contributed by atoms with E-state index in [0.717, 1.165) is 5.92 Å². The van der Waals surface area contributed by atoms with Gasteiger partial charge in [-0.25, -0.2) is 0 Å². The Morgan fingerprint density at radius 2 is 1.78 bits per heavy atom. The third-order valence-corrected chi connectivity index (χ3v) is 1.49. The van der Waals surface area contributed by atoms with Gasteiger partial charge in [-0.1, -0.05) is 32.9 Å². The SMILES string of the molecule is CC(C)(C)/C=C/C1CC1. The van der Waals surface area contributed by atoms with Crippen molar-refractivity contribution in [3.05, 3.63) is 12.2 Å². The Balaban J connectivity index is 2.29. The van der Waals surface area contributed by atoms with Crippen molar-refractivity contribution in [2.45, 2.75) is 33.6 Å². The third kappa shape index (κ3) is 3.34. The molecule has 0 spiro atoms. The van der Waals surface area contributed by atoms with Crippen LogP contribution in [0.5, 0.6) is 0 Å². The highest BCUT2D eigenvalue weighted by molar-refractivity contribution is 5.00. The number of hydrogen-bond acceptors (Lipinski definition) is 0. The molecule has 1 fully saturated rings. The highest BCUT2D eigenvalue weighted by atomic mass is 14.2. The molecular formula is C9H16. The van der Waals surface area contributed by atoms with Crippen molar-refractivity contribution in [2.75, 3.05) is 0 Å². The van der Waals surface area contributed by atoms with E-state index in [1.807, 2.05) is 0 Å². The topological polar surface area (TPSA) is 0 Å². The average molecular weight is 124 g/mol. The first kappa shape index (κ1) is 6.85. The van der Waals surface area contributed by atoms with Gasteiger partial charge in [0, 0.05) is 0 Å². The van der Waals surface area contributed by atoms with E-state index in [1.54, 1.807) is 0 Å². The van der Waals surface area contributed by atoms with Gasteiger partial charge in [-0.15, -0.1) is 0 Å². The molecule has 0 aromatic heterocycles. The Labute approximate surface area is 58.0 Å². The number of rotatable bonds is 1. The highest BCUT2D eigenvalue weighted by Gasteiger charge is 2.18. The summed E-state index contributed by atoms with van der Waals surface area (Å²) >= 11 is 0. The molecule has 0 radical (unpaired) electrons. The van der Waals surface area contributed by atoms with E-state index < -0.39 is 0 Å². The van der Waals surface area contributed by atoms with Crippen molar-refractivity contribution in [1.29, 1.82) is 0 Å². The number of hydrogen-bond donors (Lipinski definition) is 0. The van der Waals surface area contributed by atoms with Crippen LogP contribution < -0.4 is 0 Å². The zero-order chi connectivity index (χ0) is 6.91. The second-order valence-electron chi connectivity index (χ2n) is 4.06. The molecule has 0 amide bonds. The predicted molar refractivity (Wildman–Crippen MR) is 41.3 cm³/mol. The minimum atomic E-state index is 0.391. The van der Waals surface area contributed by atoms with Gasteiger partial charge in [-0.3, -0.25) is 0 Å². The fourth-order valence-corrected chi connectivity index (χ4v) is 0.713. The largest absolute Gasteiger partial charge is 0.0849 e. The zero-order valence-corrected chi connectivity index (χ0v) is 6.65. The van der Waals surface area contributed by atoms with Gasteiger partial charge in [0.05, 0.1) is 0 Å². The first-order valence-corrected chi connectivity index (χ1v) is 3.77. The van der Waals surface area contributed by atoms with Crippen molar-refractivity contribution >= 4 is 0 Å². The van der Waals surface area contributed by atoms with Crippen LogP contribution in [-0.4, -0.2) is 0 Å². The van der Waals surface area contributed by atoms with Gasteiger partial charge in [0.1, 0.15) is 0 Å². The molecule has 52 valence electrons. The van der Waals surface area contributed by atoms with Gasteiger partial charge in [-0.05, 0) is 24.2 Å². The van der Waals surface area contributed by atoms with E-state index >= 15 is 0 Å². The lowest BCUT2D eigenvalue weighted by atomic mass is 9.96. The molecule has 0 atom stereocenters. The standard InChI is InChI=1S/C9H16/c1-9(2,3)7-6-8-4-5-8/h6-8H,4-5H2,1-3H3/b7-6+. The van der Waals surface area contributed by atoms with Gasteiger partial charge in [0.2, 0.25) is 0 Å². The Morgan fingerprint density at radius 3 is 2.11 bits per heavy atom. The second-order valence-corrected chi connectivity index (χ2v) is 4.06. The molecule has 0 aromatic rings. The van der Waals surface area contributed by atoms with E-state index in [-0.39, 0.29) is 0 Å². The lowest BCUT2D eigenvalue weighted by Crippen LogP contribution is -1.98. The van der Waals surface area contributed by atoms with Crippen LogP contribution >= 0.6 is 0 Å². The van der Waals surface area contributed by atoms with E-state index in [9.17, 15) is 0 Å². The molecule has 0 heterocycles. The number of allylic oxidation sites excluding steroid dienone is 2. The molecule has 0 N–H and O–H groups in total. The molecule has 0 bridgehead atoms. The molecule has 0 nitrogen and oxygen atoms in total. The van der Waals surface area contributed by atoms with Crippen LogP contribution in [0.1, 0.15) is 33.6 Å². The van der Waals surface area contributed by atoms with Gasteiger partial charge < -0.3 is 0 Å². The van der Waals surface area contributed by atoms with Gasteiger partial charge >= 0.3 is 0 Å². The first-order valence-electron chi connectivity index (χ1n) is 3.77. The van der Waals surface area contributed by atoms with Crippen molar-refractivity contribution in [1.82, 2.24) is 0 Å². The molecule has 0 aliphatic heterocycles. The fraction of sp³-hybridized carbons (Fsp3) is 0.778. The van der Waals surface area contributed by atoms with Crippen LogP contribution in [0.3, 0.4) is 0 Å². The average Bonchev–Trinajstić information content (AvgIpc) is 2.38. The summed E-state index contributed by atoms with van der Waals surface area (Å²) < 4.78 is 0. The Morgan fingerprint density at radius 1 is 1.22 bits per heavy atom. The molecule has 1 saturated carbocycles. The molecule has 1 aliphatic rings. The van der Waals surface area contributed by atoms with Crippen molar-refractivity contribution in [3.63, 3.8) is 0 Å². The van der Waals surface area contributed by atoms with Gasteiger partial charge in [0.25, 0.3) is 0 Å². The van der Waals surface area contributed by atoms with E-state index in [4.69, 9.17) is 0 Å². The summed E-state index contributed by atoms with van der Waals surface area (Å²) in [7, 11) is 0. The molecule has 0 heteroatoms. The second kappa shape index (κ2) is 2.17. The van der Waals surface area contributed by atoms with Crippen LogP contribution in [-0.2, 0) is 0 Å². The lowest BCUT2D eigenvalue weighted by molar-refractivity contribution is 0.541. The van der Waals surface area contributed by atoms with E-state index in [2.05, 4.69) is 32.9 Å². The minimum absolute atomic E-state index is 0.391. The summed E-state index contributed by atoms with van der Waals surface area (Å²) in [5.74, 6) is 0.934. The monoisotopic (exact) mass is 124 g/mol. The molecule has 9 heavy (non-hydrogen) atoms. The summed E-state index contributed by atoms with van der Waals surface area (Å²) in [6.45, 7) is 6.73. The quantitative estimate of drug-likeness (QED) is 0.471. The molecule has 1 aliphatic carbocycles. The maximum atomic E-state index is 2.36. The zero-order valence-electron chi connectivity index (χ0n) is 6.65. The smallest absolute Gasteiger partial charge is 0.0203 e. The van der Waals surface area contributed by atoms with E-state index in [1.165, 1.54) is 12.8 Å². The molecule has 0 aromatic carbocycles. The van der Waals surface area contributed by atoms with E-state index in [0.29, 0.717) is 5.41 Å². The highest BCUT2D eigenvalue weighted by Crippen LogP contribution is 2.31. The van der Waals surface area contributed by atoms with Crippen LogP contribution in [0, 0.1) is 11.3 Å². The summed E-state index contributed by atoms with van der Waals surface area (Å²) in [5.41, 5.74) is 0.391. The molecule has 0 unspecified atom stereocenters. The van der Waals surface area contributed by atoms with Gasteiger partial charge in [-0.2, -0.15) is 0 Å². The van der Waals surface area contributed by atoms with Crippen molar-refractivity contribution in [3.8, 4) is 0 Å². The first-order chi connectivity index (χ1) is 4.08. The maximum Gasteiger partial charge on any atom is -0.0203 e. The summed E-state index contributed by atoms with van der Waals surface area (Å²) in [5, 5.41) is 0. The van der Waals surface area contributed by atoms with Crippen LogP contribution in [0.2, 0.25) is 0 Å². The Hall–Kier alpha value is -0.260. The van der Waals surface area contributed by atoms with Crippen LogP contribution in [0.25, 0.3) is 0 Å². The van der Waals surface area contributed by atoms with Crippen LogP contribution in [0.15, 0.2) is 12.2 Å². The molecule has 1 rings (SSSR count). The summed E-state index contributed by atoms with van der Waals surface area (Å²) in [6.07, 6.45) is 7.53.